The highest BCUT2D eigenvalue weighted by Crippen LogP contribution is 2.24. The predicted octanol–water partition coefficient (Wildman–Crippen LogP) is 2.51. The molecule has 0 aliphatic rings. The van der Waals surface area contributed by atoms with Crippen molar-refractivity contribution in [1.82, 2.24) is 9.80 Å². The van der Waals surface area contributed by atoms with Gasteiger partial charge in [-0.3, -0.25) is 4.90 Å². The number of nitrogens with zero attached hydrogens (tertiary/aromatic N) is 2. The Hall–Kier alpha value is -1.04. The van der Waals surface area contributed by atoms with Gasteiger partial charge in [0.25, 0.3) is 6.43 Å². The lowest BCUT2D eigenvalue weighted by Crippen LogP contribution is -2.32. The fourth-order valence-electron chi connectivity index (χ4n) is 2.26. The zero-order valence-corrected chi connectivity index (χ0v) is 12.5. The van der Waals surface area contributed by atoms with Crippen LogP contribution in [0.25, 0.3) is 0 Å². The Morgan fingerprint density at radius 2 is 1.75 bits per heavy atom. The molecule has 2 N–H and O–H groups in total. The molecule has 0 amide bonds. The van der Waals surface area contributed by atoms with Gasteiger partial charge < -0.3 is 10.6 Å². The Morgan fingerprint density at radius 1 is 1.10 bits per heavy atom. The third kappa shape index (κ3) is 5.15. The number of rotatable bonds is 8. The monoisotopic (exact) mass is 285 g/mol. The van der Waals surface area contributed by atoms with Crippen molar-refractivity contribution in [3.63, 3.8) is 0 Å². The van der Waals surface area contributed by atoms with Crippen LogP contribution in [-0.4, -0.2) is 50.6 Å². The predicted molar refractivity (Wildman–Crippen MR) is 79.0 cm³/mol. The molecule has 0 aromatic heterocycles. The Morgan fingerprint density at radius 3 is 2.30 bits per heavy atom. The van der Waals surface area contributed by atoms with Gasteiger partial charge in [0.1, 0.15) is 0 Å². The van der Waals surface area contributed by atoms with Gasteiger partial charge in [-0.05, 0) is 52.3 Å². The second-order valence-electron chi connectivity index (χ2n) is 5.36. The topological polar surface area (TPSA) is 32.5 Å². The van der Waals surface area contributed by atoms with E-state index >= 15 is 0 Å². The molecule has 0 fully saturated rings. The van der Waals surface area contributed by atoms with Gasteiger partial charge >= 0.3 is 0 Å². The quantitative estimate of drug-likeness (QED) is 0.796. The molecule has 0 radical (unpaired) electrons. The first-order valence-corrected chi connectivity index (χ1v) is 6.88. The summed E-state index contributed by atoms with van der Waals surface area (Å²) >= 11 is 0. The first-order valence-electron chi connectivity index (χ1n) is 6.88. The summed E-state index contributed by atoms with van der Waals surface area (Å²) in [7, 11) is 6.06. The van der Waals surface area contributed by atoms with Crippen LogP contribution in [0.2, 0.25) is 0 Å². The largest absolute Gasteiger partial charge is 0.329 e. The summed E-state index contributed by atoms with van der Waals surface area (Å²) in [5, 5.41) is 0. The molecule has 1 atom stereocenters. The van der Waals surface area contributed by atoms with E-state index in [1.165, 1.54) is 6.07 Å². The minimum absolute atomic E-state index is 0.0177. The van der Waals surface area contributed by atoms with Crippen molar-refractivity contribution < 1.29 is 8.78 Å². The lowest BCUT2D eigenvalue weighted by molar-refractivity contribution is 0.151. The van der Waals surface area contributed by atoms with Crippen LogP contribution in [0.3, 0.4) is 0 Å². The van der Waals surface area contributed by atoms with Gasteiger partial charge in [0.05, 0.1) is 0 Å². The van der Waals surface area contributed by atoms with Crippen molar-refractivity contribution in [2.45, 2.75) is 18.9 Å². The molecule has 5 heteroatoms. The maximum Gasteiger partial charge on any atom is 0.263 e. The molecule has 20 heavy (non-hydrogen) atoms. The van der Waals surface area contributed by atoms with E-state index in [9.17, 15) is 8.78 Å². The Balaban J connectivity index is 2.71. The fraction of sp³-hybridized carbons (Fsp3) is 0.600. The van der Waals surface area contributed by atoms with Gasteiger partial charge in [-0.15, -0.1) is 0 Å². The highest BCUT2D eigenvalue weighted by atomic mass is 19.3. The number of hydrogen-bond acceptors (Lipinski definition) is 3. The van der Waals surface area contributed by atoms with Crippen LogP contribution < -0.4 is 5.73 Å². The maximum absolute atomic E-state index is 12.8. The Kier molecular flexibility index (Phi) is 7.05. The third-order valence-electron chi connectivity index (χ3n) is 3.42. The van der Waals surface area contributed by atoms with Crippen LogP contribution in [0, 0.1) is 0 Å². The highest BCUT2D eigenvalue weighted by Gasteiger charge is 2.17. The molecule has 1 rings (SSSR count). The van der Waals surface area contributed by atoms with Crippen molar-refractivity contribution in [2.24, 2.45) is 5.73 Å². The maximum atomic E-state index is 12.8. The van der Waals surface area contributed by atoms with Crippen LogP contribution in [0.15, 0.2) is 24.3 Å². The Bertz CT molecular complexity index is 396. The van der Waals surface area contributed by atoms with Crippen molar-refractivity contribution in [1.29, 1.82) is 0 Å². The summed E-state index contributed by atoms with van der Waals surface area (Å²) in [6, 6.07) is 6.54. The second kappa shape index (κ2) is 8.29. The minimum atomic E-state index is -2.44. The summed E-state index contributed by atoms with van der Waals surface area (Å²) in [6.45, 7) is 2.31. The van der Waals surface area contributed by atoms with E-state index in [0.29, 0.717) is 6.54 Å². The van der Waals surface area contributed by atoms with E-state index in [2.05, 4.69) is 9.80 Å². The molecule has 0 saturated heterocycles. The standard InChI is InChI=1S/C15H25F2N3/c1-19(2)8-5-9-20(3)14(11-18)12-6-4-7-13(10-12)15(16)17/h4,6-7,10,14-15H,5,8-9,11,18H2,1-3H3. The number of alkyl halides is 2. The summed E-state index contributed by atoms with van der Waals surface area (Å²) < 4.78 is 25.5. The summed E-state index contributed by atoms with van der Waals surface area (Å²) in [5.41, 5.74) is 6.74. The molecule has 0 spiro atoms. The average Bonchev–Trinajstić information content (AvgIpc) is 2.39. The van der Waals surface area contributed by atoms with Gasteiger partial charge in [0.2, 0.25) is 0 Å². The number of likely N-dealkylation sites (N-methyl/N-ethyl adjacent to an activating group) is 1. The Labute approximate surface area is 120 Å². The molecule has 0 bridgehead atoms. The average molecular weight is 285 g/mol. The SMILES string of the molecule is CN(C)CCCN(C)C(CN)c1cccc(C(F)F)c1. The summed E-state index contributed by atoms with van der Waals surface area (Å²) in [4.78, 5) is 4.26. The van der Waals surface area contributed by atoms with Crippen LogP contribution in [0.5, 0.6) is 0 Å². The highest BCUT2D eigenvalue weighted by molar-refractivity contribution is 5.27. The van der Waals surface area contributed by atoms with E-state index in [-0.39, 0.29) is 11.6 Å². The molecule has 0 heterocycles. The molecule has 1 unspecified atom stereocenters. The van der Waals surface area contributed by atoms with Crippen LogP contribution in [0.4, 0.5) is 8.78 Å². The lowest BCUT2D eigenvalue weighted by Gasteiger charge is -2.28. The van der Waals surface area contributed by atoms with E-state index in [1.807, 2.05) is 27.2 Å². The van der Waals surface area contributed by atoms with E-state index in [4.69, 9.17) is 5.73 Å². The van der Waals surface area contributed by atoms with Crippen molar-refractivity contribution >= 4 is 0 Å². The van der Waals surface area contributed by atoms with Crippen LogP contribution >= 0.6 is 0 Å². The molecule has 1 aromatic carbocycles. The minimum Gasteiger partial charge on any atom is -0.329 e. The molecular formula is C15H25F2N3. The van der Waals surface area contributed by atoms with Crippen LogP contribution in [-0.2, 0) is 0 Å². The first kappa shape index (κ1) is 17.0. The normalized spacial score (nSPS) is 13.4. The van der Waals surface area contributed by atoms with Gasteiger partial charge in [-0.25, -0.2) is 8.78 Å². The van der Waals surface area contributed by atoms with Crippen molar-refractivity contribution in [3.05, 3.63) is 35.4 Å². The molecule has 3 nitrogen and oxygen atoms in total. The number of benzene rings is 1. The van der Waals surface area contributed by atoms with Gasteiger partial charge in [-0.2, -0.15) is 0 Å². The van der Waals surface area contributed by atoms with E-state index in [1.54, 1.807) is 12.1 Å². The zero-order chi connectivity index (χ0) is 15.1. The molecule has 0 aliphatic heterocycles. The second-order valence-corrected chi connectivity index (χ2v) is 5.36. The molecule has 1 aromatic rings. The molecular weight excluding hydrogens is 260 g/mol. The third-order valence-corrected chi connectivity index (χ3v) is 3.42. The van der Waals surface area contributed by atoms with Crippen LogP contribution in [0.1, 0.15) is 30.0 Å². The summed E-state index contributed by atoms with van der Waals surface area (Å²) in [6.07, 6.45) is -1.42. The van der Waals surface area contributed by atoms with Gasteiger partial charge in [0, 0.05) is 18.2 Å². The number of hydrogen-bond donors (Lipinski definition) is 1. The fourth-order valence-corrected chi connectivity index (χ4v) is 2.26. The first-order chi connectivity index (χ1) is 9.45. The molecule has 0 aliphatic carbocycles. The zero-order valence-electron chi connectivity index (χ0n) is 12.5. The number of nitrogens with two attached hydrogens (primary N) is 1. The van der Waals surface area contributed by atoms with E-state index < -0.39 is 6.43 Å². The summed E-state index contributed by atoms with van der Waals surface area (Å²) in [5.74, 6) is 0. The van der Waals surface area contributed by atoms with Gasteiger partial charge in [0.15, 0.2) is 0 Å². The number of halogens is 2. The van der Waals surface area contributed by atoms with E-state index in [0.717, 1.165) is 25.1 Å². The molecule has 0 saturated carbocycles. The smallest absolute Gasteiger partial charge is 0.263 e. The van der Waals surface area contributed by atoms with Gasteiger partial charge in [-0.1, -0.05) is 18.2 Å². The van der Waals surface area contributed by atoms with Crippen molar-refractivity contribution in [3.8, 4) is 0 Å². The lowest BCUT2D eigenvalue weighted by atomic mass is 10.0. The van der Waals surface area contributed by atoms with Crippen molar-refractivity contribution in [2.75, 3.05) is 40.8 Å². The molecule has 114 valence electrons.